The first kappa shape index (κ1) is 23.8. The average molecular weight is 470 g/mol. The average Bonchev–Trinajstić information content (AvgIpc) is 3.40. The molecular formula is C23H23N3O6S. The lowest BCUT2D eigenvalue weighted by atomic mass is 10.2. The number of nitrogens with zero attached hydrogens (tertiary/aromatic N) is 2. The van der Waals surface area contributed by atoms with Crippen molar-refractivity contribution in [2.24, 2.45) is 0 Å². The number of ether oxygens (including phenoxy) is 1. The molecule has 9 nitrogen and oxygen atoms in total. The number of rotatable bonds is 8. The second-order valence-corrected chi connectivity index (χ2v) is 9.48. The second kappa shape index (κ2) is 9.75. The monoisotopic (exact) mass is 469 g/mol. The van der Waals surface area contributed by atoms with Crippen LogP contribution in [0.25, 0.3) is 0 Å². The van der Waals surface area contributed by atoms with Gasteiger partial charge in [0.25, 0.3) is 5.91 Å². The summed E-state index contributed by atoms with van der Waals surface area (Å²) in [5.74, 6) is -0.891. The summed E-state index contributed by atoms with van der Waals surface area (Å²) in [7, 11) is -3.65. The maximum Gasteiger partial charge on any atom is 0.339 e. The van der Waals surface area contributed by atoms with E-state index in [2.05, 4.69) is 11.4 Å². The molecule has 172 valence electrons. The lowest BCUT2D eigenvalue weighted by Crippen LogP contribution is -2.24. The van der Waals surface area contributed by atoms with Crippen LogP contribution >= 0.6 is 0 Å². The van der Waals surface area contributed by atoms with Crippen LogP contribution in [-0.2, 0) is 25.9 Å². The smallest absolute Gasteiger partial charge is 0.339 e. The molecule has 1 aromatic carbocycles. The van der Waals surface area contributed by atoms with E-state index in [1.807, 2.05) is 6.92 Å². The second-order valence-electron chi connectivity index (χ2n) is 7.24. The molecule has 3 aromatic rings. The van der Waals surface area contributed by atoms with Gasteiger partial charge in [0.1, 0.15) is 17.6 Å². The standard InChI is InChI=1S/C23H23N3O6S/c1-4-33(29,30)20-10-6-5-9-18(20)23(28)32-14-21(27)25-22-19(12-24)15(2)16(3)26(22)13-17-8-7-11-31-17/h5-11H,4,13-14H2,1-3H3,(H,25,27). The van der Waals surface area contributed by atoms with E-state index in [0.29, 0.717) is 17.9 Å². The molecule has 1 amide bonds. The van der Waals surface area contributed by atoms with Gasteiger partial charge in [0.15, 0.2) is 16.4 Å². The molecule has 0 aliphatic carbocycles. The Morgan fingerprint density at radius 1 is 1.18 bits per heavy atom. The molecule has 0 saturated heterocycles. The molecule has 0 saturated carbocycles. The highest BCUT2D eigenvalue weighted by molar-refractivity contribution is 7.91. The van der Waals surface area contributed by atoms with Crippen LogP contribution in [0, 0.1) is 25.2 Å². The number of nitrogens with one attached hydrogen (secondary N) is 1. The van der Waals surface area contributed by atoms with Crippen molar-refractivity contribution in [2.75, 3.05) is 17.7 Å². The number of carbonyl (C=O) groups is 2. The molecular weight excluding hydrogens is 446 g/mol. The summed E-state index contributed by atoms with van der Waals surface area (Å²) >= 11 is 0. The summed E-state index contributed by atoms with van der Waals surface area (Å²) in [6.07, 6.45) is 1.53. The Bertz CT molecular complexity index is 1330. The maximum absolute atomic E-state index is 12.6. The number of nitriles is 1. The Morgan fingerprint density at radius 2 is 1.91 bits per heavy atom. The molecule has 0 aliphatic heterocycles. The normalized spacial score (nSPS) is 11.1. The highest BCUT2D eigenvalue weighted by atomic mass is 32.2. The zero-order chi connectivity index (χ0) is 24.2. The van der Waals surface area contributed by atoms with Crippen LogP contribution in [-0.4, -0.2) is 37.2 Å². The number of anilines is 1. The van der Waals surface area contributed by atoms with E-state index >= 15 is 0 Å². The van der Waals surface area contributed by atoms with Gasteiger partial charge in [0, 0.05) is 5.69 Å². The quantitative estimate of drug-likeness (QED) is 0.501. The molecule has 0 aliphatic rings. The van der Waals surface area contributed by atoms with Gasteiger partial charge in [-0.25, -0.2) is 13.2 Å². The number of sulfone groups is 1. The van der Waals surface area contributed by atoms with Gasteiger partial charge in [-0.15, -0.1) is 0 Å². The Kier molecular flexibility index (Phi) is 7.04. The van der Waals surface area contributed by atoms with Crippen molar-refractivity contribution < 1.29 is 27.2 Å². The molecule has 0 fully saturated rings. The first-order valence-corrected chi connectivity index (χ1v) is 11.8. The molecule has 10 heteroatoms. The van der Waals surface area contributed by atoms with Crippen molar-refractivity contribution >= 4 is 27.5 Å². The number of esters is 1. The zero-order valence-electron chi connectivity index (χ0n) is 18.4. The van der Waals surface area contributed by atoms with Gasteiger partial charge in [-0.1, -0.05) is 19.1 Å². The lowest BCUT2D eigenvalue weighted by Gasteiger charge is -2.13. The third-order valence-corrected chi connectivity index (χ3v) is 7.04. The topological polar surface area (TPSA) is 131 Å². The van der Waals surface area contributed by atoms with Crippen molar-refractivity contribution in [1.29, 1.82) is 5.26 Å². The number of hydrogen-bond acceptors (Lipinski definition) is 7. The van der Waals surface area contributed by atoms with Gasteiger partial charge in [-0.2, -0.15) is 5.26 Å². The largest absolute Gasteiger partial charge is 0.467 e. The van der Waals surface area contributed by atoms with E-state index in [9.17, 15) is 23.3 Å². The van der Waals surface area contributed by atoms with Crippen LogP contribution in [0.15, 0.2) is 52.0 Å². The number of furan rings is 1. The van der Waals surface area contributed by atoms with Crippen LogP contribution in [0.4, 0.5) is 5.82 Å². The fourth-order valence-corrected chi connectivity index (χ4v) is 4.41. The first-order valence-electron chi connectivity index (χ1n) is 10.1. The van der Waals surface area contributed by atoms with Crippen molar-refractivity contribution in [3.8, 4) is 6.07 Å². The predicted molar refractivity (Wildman–Crippen MR) is 120 cm³/mol. The van der Waals surface area contributed by atoms with Gasteiger partial charge in [-0.3, -0.25) is 4.79 Å². The Hall–Kier alpha value is -3.84. The van der Waals surface area contributed by atoms with Gasteiger partial charge in [0.05, 0.1) is 34.6 Å². The molecule has 2 aromatic heterocycles. The van der Waals surface area contributed by atoms with Gasteiger partial charge < -0.3 is 19.0 Å². The van der Waals surface area contributed by atoms with Gasteiger partial charge in [0.2, 0.25) is 0 Å². The molecule has 0 radical (unpaired) electrons. The molecule has 33 heavy (non-hydrogen) atoms. The minimum absolute atomic E-state index is 0.141. The van der Waals surface area contributed by atoms with E-state index in [1.165, 1.54) is 37.5 Å². The van der Waals surface area contributed by atoms with E-state index in [1.54, 1.807) is 23.6 Å². The van der Waals surface area contributed by atoms with Crippen LogP contribution in [0.2, 0.25) is 0 Å². The van der Waals surface area contributed by atoms with Crippen LogP contribution < -0.4 is 5.32 Å². The highest BCUT2D eigenvalue weighted by Crippen LogP contribution is 2.27. The third kappa shape index (κ3) is 4.99. The number of aromatic nitrogens is 1. The van der Waals surface area contributed by atoms with Crippen molar-refractivity contribution in [3.63, 3.8) is 0 Å². The number of carbonyl (C=O) groups excluding carboxylic acids is 2. The molecule has 0 atom stereocenters. The summed E-state index contributed by atoms with van der Waals surface area (Å²) in [5, 5.41) is 12.2. The molecule has 3 rings (SSSR count). The molecule has 0 spiro atoms. The van der Waals surface area contributed by atoms with Crippen LogP contribution in [0.5, 0.6) is 0 Å². The molecule has 1 N–H and O–H groups in total. The Labute approximate surface area is 191 Å². The van der Waals surface area contributed by atoms with Crippen molar-refractivity contribution in [2.45, 2.75) is 32.2 Å². The van der Waals surface area contributed by atoms with Crippen molar-refractivity contribution in [1.82, 2.24) is 4.57 Å². The predicted octanol–water partition coefficient (Wildman–Crippen LogP) is 3.21. The van der Waals surface area contributed by atoms with E-state index in [4.69, 9.17) is 9.15 Å². The fraction of sp³-hybridized carbons (Fsp3) is 0.261. The zero-order valence-corrected chi connectivity index (χ0v) is 19.2. The van der Waals surface area contributed by atoms with E-state index < -0.39 is 28.3 Å². The van der Waals surface area contributed by atoms with Crippen LogP contribution in [0.3, 0.4) is 0 Å². The molecule has 0 unspecified atom stereocenters. The van der Waals surface area contributed by atoms with Gasteiger partial charge >= 0.3 is 5.97 Å². The fourth-order valence-electron chi connectivity index (χ4n) is 3.33. The third-order valence-electron chi connectivity index (χ3n) is 5.25. The number of hydrogen-bond donors (Lipinski definition) is 1. The lowest BCUT2D eigenvalue weighted by molar-refractivity contribution is -0.119. The minimum atomic E-state index is -3.65. The Morgan fingerprint density at radius 3 is 2.55 bits per heavy atom. The van der Waals surface area contributed by atoms with E-state index in [-0.39, 0.29) is 27.6 Å². The summed E-state index contributed by atoms with van der Waals surface area (Å²) in [4.78, 5) is 24.9. The highest BCUT2D eigenvalue weighted by Gasteiger charge is 2.24. The summed E-state index contributed by atoms with van der Waals surface area (Å²) in [6.45, 7) is 4.69. The molecule has 2 heterocycles. The summed E-state index contributed by atoms with van der Waals surface area (Å²) in [5.41, 5.74) is 1.62. The summed E-state index contributed by atoms with van der Waals surface area (Å²) in [6, 6.07) is 11.3. The number of benzene rings is 1. The minimum Gasteiger partial charge on any atom is -0.467 e. The number of amides is 1. The first-order chi connectivity index (χ1) is 15.7. The summed E-state index contributed by atoms with van der Waals surface area (Å²) < 4.78 is 36.7. The van der Waals surface area contributed by atoms with E-state index in [0.717, 1.165) is 5.69 Å². The van der Waals surface area contributed by atoms with Gasteiger partial charge in [-0.05, 0) is 43.7 Å². The van der Waals surface area contributed by atoms with Crippen molar-refractivity contribution in [3.05, 3.63) is 70.8 Å². The Balaban J connectivity index is 1.78. The maximum atomic E-state index is 12.6. The van der Waals surface area contributed by atoms with Crippen LogP contribution in [0.1, 0.15) is 39.9 Å². The molecule has 0 bridgehead atoms. The SMILES string of the molecule is CCS(=O)(=O)c1ccccc1C(=O)OCC(=O)Nc1c(C#N)c(C)c(C)n1Cc1ccco1.